The number of hydrogen-bond donors (Lipinski definition) is 2. The summed E-state index contributed by atoms with van der Waals surface area (Å²) in [6.07, 6.45) is 0.161. The first-order valence-electron chi connectivity index (χ1n) is 9.18. The van der Waals surface area contributed by atoms with Crippen LogP contribution in [0.1, 0.15) is 5.82 Å². The van der Waals surface area contributed by atoms with Gasteiger partial charge in [0.15, 0.2) is 5.82 Å². The van der Waals surface area contributed by atoms with Crippen molar-refractivity contribution < 1.29 is 24.0 Å². The Labute approximate surface area is 183 Å². The van der Waals surface area contributed by atoms with Crippen LogP contribution in [0.5, 0.6) is 0 Å². The number of aryl methyl sites for hydroxylation is 1. The number of amides is 2. The Morgan fingerprint density at radius 2 is 1.80 bits per heavy atom. The van der Waals surface area contributed by atoms with E-state index in [4.69, 9.17) is 9.47 Å². The first-order chi connectivity index (χ1) is 14.3. The summed E-state index contributed by atoms with van der Waals surface area (Å²) in [5, 5.41) is 16.1. The van der Waals surface area contributed by atoms with E-state index < -0.39 is 17.1 Å². The van der Waals surface area contributed by atoms with E-state index in [2.05, 4.69) is 15.6 Å². The molecule has 1 aromatic heterocycles. The number of carbonyl (C=O) groups excluding carboxylic acids is 2. The molecule has 1 heterocycles. The summed E-state index contributed by atoms with van der Waals surface area (Å²) in [5.74, 6) is 1.63. The zero-order chi connectivity index (χ0) is 22.4. The molecule has 0 aliphatic rings. The second-order valence-electron chi connectivity index (χ2n) is 6.14. The highest BCUT2D eigenvalue weighted by molar-refractivity contribution is 8.76. The highest BCUT2D eigenvalue weighted by Crippen LogP contribution is 2.19. The number of alkyl carbamates (subject to hydrolysis) is 2. The first kappa shape index (κ1) is 25.8. The molecular weight excluding hydrogens is 436 g/mol. The van der Waals surface area contributed by atoms with Crippen molar-refractivity contribution in [3.05, 3.63) is 22.1 Å². The molecule has 0 bridgehead atoms. The van der Waals surface area contributed by atoms with Crippen molar-refractivity contribution in [1.29, 1.82) is 0 Å². The van der Waals surface area contributed by atoms with Gasteiger partial charge in [-0.05, 0) is 19.0 Å². The van der Waals surface area contributed by atoms with Gasteiger partial charge in [0.2, 0.25) is 0 Å². The predicted molar refractivity (Wildman–Crippen MR) is 116 cm³/mol. The average Bonchev–Trinajstić information content (AvgIpc) is 3.04. The molecule has 0 saturated carbocycles. The van der Waals surface area contributed by atoms with Crippen LogP contribution in [0.2, 0.25) is 0 Å². The van der Waals surface area contributed by atoms with E-state index in [0.717, 1.165) is 6.54 Å². The summed E-state index contributed by atoms with van der Waals surface area (Å²) >= 11 is 0. The van der Waals surface area contributed by atoms with Gasteiger partial charge in [0, 0.05) is 38.1 Å². The lowest BCUT2D eigenvalue weighted by Crippen LogP contribution is -2.32. The highest BCUT2D eigenvalue weighted by Gasteiger charge is 2.17. The number of hydrogen-bond acceptors (Lipinski definition) is 10. The number of imidazole rings is 1. The van der Waals surface area contributed by atoms with Crippen molar-refractivity contribution in [3.63, 3.8) is 0 Å². The summed E-state index contributed by atoms with van der Waals surface area (Å²) in [7, 11) is 6.92. The fraction of sp³-hybridized carbons (Fsp3) is 0.688. The Morgan fingerprint density at radius 1 is 1.17 bits per heavy atom. The Kier molecular flexibility index (Phi) is 12.7. The second kappa shape index (κ2) is 14.7. The number of rotatable bonds is 14. The molecule has 0 saturated heterocycles. The molecule has 0 aliphatic carbocycles. The summed E-state index contributed by atoms with van der Waals surface area (Å²) in [6.45, 7) is 3.80. The summed E-state index contributed by atoms with van der Waals surface area (Å²) < 4.78 is 11.4. The number of carbonyl (C=O) groups is 2. The minimum Gasteiger partial charge on any atom is -0.449 e. The smallest absolute Gasteiger partial charge is 0.407 e. The molecule has 2 amide bonds. The van der Waals surface area contributed by atoms with E-state index in [1.54, 1.807) is 6.92 Å². The molecule has 1 aromatic rings. The predicted octanol–water partition coefficient (Wildman–Crippen LogP) is 1.50. The molecule has 1 rings (SSSR count). The van der Waals surface area contributed by atoms with Gasteiger partial charge < -0.3 is 35.1 Å². The molecule has 0 aromatic carbocycles. The van der Waals surface area contributed by atoms with Crippen LogP contribution in [0.15, 0.2) is 6.20 Å². The monoisotopic (exact) mass is 464 g/mol. The summed E-state index contributed by atoms with van der Waals surface area (Å²) in [4.78, 5) is 39.2. The highest BCUT2D eigenvalue weighted by atomic mass is 33.1. The maximum atomic E-state index is 11.6. The van der Waals surface area contributed by atoms with E-state index in [9.17, 15) is 19.7 Å². The van der Waals surface area contributed by atoms with Gasteiger partial charge in [0.05, 0.1) is 0 Å². The van der Waals surface area contributed by atoms with Crippen molar-refractivity contribution in [2.75, 3.05) is 58.4 Å². The van der Waals surface area contributed by atoms with E-state index >= 15 is 0 Å². The molecule has 170 valence electrons. The van der Waals surface area contributed by atoms with Crippen LogP contribution in [0, 0.1) is 17.0 Å². The van der Waals surface area contributed by atoms with Crippen LogP contribution < -0.4 is 10.6 Å². The molecule has 14 heteroatoms. The molecule has 12 nitrogen and oxygen atoms in total. The van der Waals surface area contributed by atoms with Crippen LogP contribution in [-0.4, -0.2) is 90.0 Å². The Morgan fingerprint density at radius 3 is 2.47 bits per heavy atom. The van der Waals surface area contributed by atoms with Crippen LogP contribution in [0.25, 0.3) is 0 Å². The van der Waals surface area contributed by atoms with E-state index in [1.165, 1.54) is 32.4 Å². The van der Waals surface area contributed by atoms with Crippen molar-refractivity contribution >= 4 is 39.6 Å². The third kappa shape index (κ3) is 11.1. The van der Waals surface area contributed by atoms with Gasteiger partial charge in [0.25, 0.3) is 0 Å². The van der Waals surface area contributed by atoms with Crippen molar-refractivity contribution in [3.8, 4) is 0 Å². The molecule has 0 atom stereocenters. The second-order valence-corrected chi connectivity index (χ2v) is 8.85. The quantitative estimate of drug-likeness (QED) is 0.180. The Balaban J connectivity index is 1.99. The van der Waals surface area contributed by atoms with Gasteiger partial charge in [-0.25, -0.2) is 19.1 Å². The number of nitro groups is 1. The largest absolute Gasteiger partial charge is 0.449 e. The molecule has 30 heavy (non-hydrogen) atoms. The zero-order valence-electron chi connectivity index (χ0n) is 17.3. The van der Waals surface area contributed by atoms with E-state index in [-0.39, 0.29) is 19.0 Å². The van der Waals surface area contributed by atoms with Crippen molar-refractivity contribution in [2.24, 2.45) is 0 Å². The number of ether oxygens (including phenoxy) is 2. The minimum atomic E-state index is -0.584. The van der Waals surface area contributed by atoms with Crippen LogP contribution in [0.3, 0.4) is 0 Å². The van der Waals surface area contributed by atoms with Crippen LogP contribution >= 0.6 is 21.6 Å². The number of aromatic nitrogens is 2. The maximum Gasteiger partial charge on any atom is 0.407 e. The number of likely N-dealkylation sites (N-methyl/N-ethyl adjacent to an activating group) is 1. The molecule has 0 fully saturated rings. The van der Waals surface area contributed by atoms with Crippen LogP contribution in [-0.2, 0) is 16.0 Å². The topological polar surface area (TPSA) is 141 Å². The Bertz CT molecular complexity index is 687. The van der Waals surface area contributed by atoms with Crippen molar-refractivity contribution in [2.45, 2.75) is 13.5 Å². The molecule has 0 radical (unpaired) electrons. The van der Waals surface area contributed by atoms with Gasteiger partial charge in [-0.2, -0.15) is 0 Å². The van der Waals surface area contributed by atoms with E-state index in [0.29, 0.717) is 37.0 Å². The fourth-order valence-corrected chi connectivity index (χ4v) is 3.81. The molecule has 0 unspecified atom stereocenters. The van der Waals surface area contributed by atoms with Gasteiger partial charge in [-0.15, -0.1) is 0 Å². The third-order valence-electron chi connectivity index (χ3n) is 3.54. The van der Waals surface area contributed by atoms with Gasteiger partial charge in [-0.3, -0.25) is 0 Å². The zero-order valence-corrected chi connectivity index (χ0v) is 18.9. The standard InChI is InChI=1S/C16H28N6O6S2/c1-13-19-12-14(22(25)26)21(13)7-8-27-16(24)18-5-10-29-30-11-9-28-15(23)17-4-6-20(2)3/h12H,4-11H2,1-3H3,(H,17,23)(H,18,24). The van der Waals surface area contributed by atoms with Gasteiger partial charge >= 0.3 is 18.0 Å². The lowest BCUT2D eigenvalue weighted by Gasteiger charge is -2.10. The number of nitrogens with one attached hydrogen (secondary N) is 2. The maximum absolute atomic E-state index is 11.6. The average molecular weight is 465 g/mol. The molecule has 0 aliphatic heterocycles. The van der Waals surface area contributed by atoms with Crippen LogP contribution in [0.4, 0.5) is 15.4 Å². The number of nitrogens with zero attached hydrogens (tertiary/aromatic N) is 4. The lowest BCUT2D eigenvalue weighted by atomic mass is 10.6. The lowest BCUT2D eigenvalue weighted by molar-refractivity contribution is -0.392. The third-order valence-corrected chi connectivity index (χ3v) is 5.91. The van der Waals surface area contributed by atoms with Gasteiger partial charge in [0.1, 0.15) is 26.0 Å². The molecular formula is C16H28N6O6S2. The fourth-order valence-electron chi connectivity index (χ4n) is 2.07. The van der Waals surface area contributed by atoms with E-state index in [1.807, 2.05) is 19.0 Å². The van der Waals surface area contributed by atoms with Gasteiger partial charge in [-0.1, -0.05) is 21.6 Å². The summed E-state index contributed by atoms with van der Waals surface area (Å²) in [6, 6.07) is 0. The summed E-state index contributed by atoms with van der Waals surface area (Å²) in [5.41, 5.74) is 0. The van der Waals surface area contributed by atoms with Crippen molar-refractivity contribution in [1.82, 2.24) is 25.1 Å². The first-order valence-corrected chi connectivity index (χ1v) is 11.7. The SMILES string of the molecule is Cc1ncc([N+](=O)[O-])n1CCOC(=O)NCCSSCCOC(=O)NCCN(C)C. The minimum absolute atomic E-state index is 0.000285. The normalized spacial score (nSPS) is 10.7. The molecule has 0 spiro atoms. The Hall–Kier alpha value is -2.19. The molecule has 2 N–H and O–H groups in total.